The number of aromatic nitrogens is 1. The molecule has 0 aliphatic carbocycles. The van der Waals surface area contributed by atoms with E-state index < -0.39 is 0 Å². The normalized spacial score (nSPS) is 10.5. The SMILES string of the molecule is CCC(=O)Cc1cnc2ccccc2c1. The summed E-state index contributed by atoms with van der Waals surface area (Å²) in [5, 5.41) is 1.10. The predicted molar refractivity (Wildman–Crippen MR) is 60.7 cm³/mol. The van der Waals surface area contributed by atoms with Crippen LogP contribution < -0.4 is 0 Å². The van der Waals surface area contributed by atoms with E-state index in [0.717, 1.165) is 16.5 Å². The van der Waals surface area contributed by atoms with Crippen LogP contribution in [0.2, 0.25) is 0 Å². The van der Waals surface area contributed by atoms with Crippen molar-refractivity contribution in [2.75, 3.05) is 0 Å². The first-order valence-corrected chi connectivity index (χ1v) is 5.15. The summed E-state index contributed by atoms with van der Waals surface area (Å²) in [6, 6.07) is 9.97. The van der Waals surface area contributed by atoms with E-state index in [1.54, 1.807) is 6.20 Å². The number of ketones is 1. The van der Waals surface area contributed by atoms with Gasteiger partial charge in [-0.1, -0.05) is 25.1 Å². The zero-order chi connectivity index (χ0) is 10.7. The maximum atomic E-state index is 11.3. The summed E-state index contributed by atoms with van der Waals surface area (Å²) in [6.07, 6.45) is 2.87. The molecule has 1 aromatic heterocycles. The van der Waals surface area contributed by atoms with E-state index in [9.17, 15) is 4.79 Å². The van der Waals surface area contributed by atoms with Crippen molar-refractivity contribution in [1.29, 1.82) is 0 Å². The first-order chi connectivity index (χ1) is 7.29. The summed E-state index contributed by atoms with van der Waals surface area (Å²) >= 11 is 0. The zero-order valence-electron chi connectivity index (χ0n) is 8.73. The van der Waals surface area contributed by atoms with E-state index in [-0.39, 0.29) is 5.78 Å². The van der Waals surface area contributed by atoms with Gasteiger partial charge in [0.2, 0.25) is 0 Å². The number of para-hydroxylation sites is 1. The van der Waals surface area contributed by atoms with Crippen LogP contribution in [-0.4, -0.2) is 10.8 Å². The van der Waals surface area contributed by atoms with Crippen molar-refractivity contribution < 1.29 is 4.79 Å². The van der Waals surface area contributed by atoms with Crippen LogP contribution in [-0.2, 0) is 11.2 Å². The largest absolute Gasteiger partial charge is 0.299 e. The van der Waals surface area contributed by atoms with Crippen LogP contribution in [0.1, 0.15) is 18.9 Å². The van der Waals surface area contributed by atoms with E-state index in [1.165, 1.54) is 0 Å². The van der Waals surface area contributed by atoms with E-state index in [4.69, 9.17) is 0 Å². The zero-order valence-corrected chi connectivity index (χ0v) is 8.73. The smallest absolute Gasteiger partial charge is 0.137 e. The first kappa shape index (κ1) is 9.84. The van der Waals surface area contributed by atoms with Crippen molar-refractivity contribution in [3.63, 3.8) is 0 Å². The minimum Gasteiger partial charge on any atom is -0.299 e. The highest BCUT2D eigenvalue weighted by Gasteiger charge is 2.02. The molecular weight excluding hydrogens is 186 g/mol. The lowest BCUT2D eigenvalue weighted by Crippen LogP contribution is -2.00. The molecule has 0 radical (unpaired) electrons. The Labute approximate surface area is 89.0 Å². The van der Waals surface area contributed by atoms with E-state index in [0.29, 0.717) is 12.8 Å². The number of rotatable bonds is 3. The van der Waals surface area contributed by atoms with Crippen LogP contribution >= 0.6 is 0 Å². The van der Waals surface area contributed by atoms with Crippen molar-refractivity contribution in [1.82, 2.24) is 4.98 Å². The van der Waals surface area contributed by atoms with Gasteiger partial charge in [-0.3, -0.25) is 9.78 Å². The predicted octanol–water partition coefficient (Wildman–Crippen LogP) is 2.76. The number of hydrogen-bond acceptors (Lipinski definition) is 2. The molecule has 2 aromatic rings. The monoisotopic (exact) mass is 199 g/mol. The molecule has 0 N–H and O–H groups in total. The van der Waals surface area contributed by atoms with Crippen LogP contribution in [0.5, 0.6) is 0 Å². The molecular formula is C13H13NO. The summed E-state index contributed by atoms with van der Waals surface area (Å²) in [6.45, 7) is 1.89. The standard InChI is InChI=1S/C13H13NO/c1-2-12(15)8-10-7-11-5-3-4-6-13(11)14-9-10/h3-7,9H,2,8H2,1H3. The van der Waals surface area contributed by atoms with Crippen molar-refractivity contribution >= 4 is 16.7 Å². The van der Waals surface area contributed by atoms with E-state index in [1.807, 2.05) is 37.3 Å². The number of carbonyl (C=O) groups is 1. The average Bonchev–Trinajstić information content (AvgIpc) is 2.29. The quantitative estimate of drug-likeness (QED) is 0.760. The molecule has 0 saturated heterocycles. The lowest BCUT2D eigenvalue weighted by atomic mass is 10.1. The molecule has 76 valence electrons. The molecule has 0 aliphatic rings. The van der Waals surface area contributed by atoms with Gasteiger partial charge in [0.05, 0.1) is 5.52 Å². The van der Waals surface area contributed by atoms with Crippen LogP contribution in [0.4, 0.5) is 0 Å². The van der Waals surface area contributed by atoms with Gasteiger partial charge in [0.1, 0.15) is 5.78 Å². The van der Waals surface area contributed by atoms with Gasteiger partial charge in [0, 0.05) is 24.4 Å². The highest BCUT2D eigenvalue weighted by molar-refractivity contribution is 5.83. The van der Waals surface area contributed by atoms with Crippen LogP contribution in [0.15, 0.2) is 36.5 Å². The summed E-state index contributed by atoms with van der Waals surface area (Å²) < 4.78 is 0. The Kier molecular flexibility index (Phi) is 2.77. The third-order valence-electron chi connectivity index (χ3n) is 2.44. The van der Waals surface area contributed by atoms with Gasteiger partial charge in [0.25, 0.3) is 0 Å². The average molecular weight is 199 g/mol. The topological polar surface area (TPSA) is 30.0 Å². The lowest BCUT2D eigenvalue weighted by molar-refractivity contribution is -0.118. The van der Waals surface area contributed by atoms with Crippen LogP contribution in [0, 0.1) is 0 Å². The molecule has 0 spiro atoms. The molecule has 2 nitrogen and oxygen atoms in total. The Morgan fingerprint density at radius 1 is 1.33 bits per heavy atom. The number of pyridine rings is 1. The van der Waals surface area contributed by atoms with Crippen molar-refractivity contribution in [3.05, 3.63) is 42.1 Å². The number of benzene rings is 1. The summed E-state index contributed by atoms with van der Waals surface area (Å²) in [7, 11) is 0. The highest BCUT2D eigenvalue weighted by Crippen LogP contribution is 2.13. The highest BCUT2D eigenvalue weighted by atomic mass is 16.1. The van der Waals surface area contributed by atoms with Gasteiger partial charge in [-0.15, -0.1) is 0 Å². The van der Waals surface area contributed by atoms with E-state index in [2.05, 4.69) is 4.98 Å². The van der Waals surface area contributed by atoms with E-state index >= 15 is 0 Å². The first-order valence-electron chi connectivity index (χ1n) is 5.15. The maximum absolute atomic E-state index is 11.3. The van der Waals surface area contributed by atoms with Gasteiger partial charge in [-0.05, 0) is 17.7 Å². The minimum absolute atomic E-state index is 0.257. The lowest BCUT2D eigenvalue weighted by Gasteiger charge is -2.01. The number of nitrogens with zero attached hydrogens (tertiary/aromatic N) is 1. The molecule has 0 bridgehead atoms. The van der Waals surface area contributed by atoms with Crippen molar-refractivity contribution in [2.45, 2.75) is 19.8 Å². The van der Waals surface area contributed by atoms with Crippen LogP contribution in [0.3, 0.4) is 0 Å². The molecule has 1 heterocycles. The van der Waals surface area contributed by atoms with Crippen molar-refractivity contribution in [3.8, 4) is 0 Å². The fraction of sp³-hybridized carbons (Fsp3) is 0.231. The molecule has 0 saturated carbocycles. The second kappa shape index (κ2) is 4.22. The van der Waals surface area contributed by atoms with Gasteiger partial charge >= 0.3 is 0 Å². The third kappa shape index (κ3) is 2.21. The number of fused-ring (bicyclic) bond motifs is 1. The van der Waals surface area contributed by atoms with Gasteiger partial charge in [0.15, 0.2) is 0 Å². The maximum Gasteiger partial charge on any atom is 0.137 e. The van der Waals surface area contributed by atoms with Gasteiger partial charge < -0.3 is 0 Å². The number of Topliss-reactive ketones (excluding diaryl/α,β-unsaturated/α-hetero) is 1. The van der Waals surface area contributed by atoms with Crippen LogP contribution in [0.25, 0.3) is 10.9 Å². The Balaban J connectivity index is 2.34. The molecule has 0 aliphatic heterocycles. The Hall–Kier alpha value is -1.70. The fourth-order valence-corrected chi connectivity index (χ4v) is 1.57. The minimum atomic E-state index is 0.257. The Bertz CT molecular complexity index is 491. The molecule has 1 aromatic carbocycles. The van der Waals surface area contributed by atoms with Gasteiger partial charge in [-0.2, -0.15) is 0 Å². The fourth-order valence-electron chi connectivity index (χ4n) is 1.57. The Morgan fingerprint density at radius 3 is 2.93 bits per heavy atom. The molecule has 2 rings (SSSR count). The van der Waals surface area contributed by atoms with Crippen molar-refractivity contribution in [2.24, 2.45) is 0 Å². The number of carbonyl (C=O) groups excluding carboxylic acids is 1. The summed E-state index contributed by atoms with van der Waals surface area (Å²) in [5.74, 6) is 0.257. The molecule has 0 unspecified atom stereocenters. The molecule has 0 amide bonds. The molecule has 15 heavy (non-hydrogen) atoms. The summed E-state index contributed by atoms with van der Waals surface area (Å²) in [4.78, 5) is 15.6. The number of hydrogen-bond donors (Lipinski definition) is 0. The second-order valence-corrected chi connectivity index (χ2v) is 3.61. The molecule has 2 heteroatoms. The second-order valence-electron chi connectivity index (χ2n) is 3.61. The van der Waals surface area contributed by atoms with Gasteiger partial charge in [-0.25, -0.2) is 0 Å². The Morgan fingerprint density at radius 2 is 2.13 bits per heavy atom. The molecule has 0 fully saturated rings. The molecule has 0 atom stereocenters. The summed E-state index contributed by atoms with van der Waals surface area (Å²) in [5.41, 5.74) is 1.98. The third-order valence-corrected chi connectivity index (χ3v) is 2.44.